The highest BCUT2D eigenvalue weighted by molar-refractivity contribution is 6.11. The van der Waals surface area contributed by atoms with Gasteiger partial charge in [0.05, 0.1) is 34.3 Å². The number of hydrogen-bond donors (Lipinski definition) is 0. The summed E-state index contributed by atoms with van der Waals surface area (Å²) in [4.78, 5) is 0. The number of aromatic nitrogens is 1. The van der Waals surface area contributed by atoms with Crippen molar-refractivity contribution < 1.29 is 0 Å². The number of rotatable bonds is 4. The van der Waals surface area contributed by atoms with Crippen molar-refractivity contribution in [2.75, 3.05) is 0 Å². The van der Waals surface area contributed by atoms with Crippen LogP contribution in [0.15, 0.2) is 140 Å². The molecule has 190 valence electrons. The molecular formula is C38H23N3. The van der Waals surface area contributed by atoms with E-state index in [1.54, 1.807) is 18.2 Å². The molecule has 0 bridgehead atoms. The molecule has 0 aliphatic heterocycles. The van der Waals surface area contributed by atoms with Gasteiger partial charge >= 0.3 is 0 Å². The second kappa shape index (κ2) is 10.0. The highest BCUT2D eigenvalue weighted by Crippen LogP contribution is 2.38. The van der Waals surface area contributed by atoms with Gasteiger partial charge in [0.1, 0.15) is 0 Å². The summed E-state index contributed by atoms with van der Waals surface area (Å²) >= 11 is 0. The third-order valence-electron chi connectivity index (χ3n) is 7.70. The molecule has 1 heterocycles. The number of nitriles is 2. The zero-order valence-corrected chi connectivity index (χ0v) is 22.1. The third kappa shape index (κ3) is 4.14. The van der Waals surface area contributed by atoms with Crippen LogP contribution in [0.4, 0.5) is 0 Å². The maximum absolute atomic E-state index is 9.69. The molecule has 3 heteroatoms. The Balaban J connectivity index is 1.44. The predicted octanol–water partition coefficient (Wildman–Crippen LogP) is 9.53. The van der Waals surface area contributed by atoms with Crippen LogP contribution in [0.25, 0.3) is 60.9 Å². The summed E-state index contributed by atoms with van der Waals surface area (Å²) in [5.74, 6) is 0. The molecule has 41 heavy (non-hydrogen) atoms. The molecule has 0 aliphatic rings. The van der Waals surface area contributed by atoms with Crippen molar-refractivity contribution in [1.29, 1.82) is 10.5 Å². The summed E-state index contributed by atoms with van der Waals surface area (Å²) < 4.78 is 2.29. The molecule has 0 saturated heterocycles. The second-order valence-electron chi connectivity index (χ2n) is 10.0. The summed E-state index contributed by atoms with van der Waals surface area (Å²) in [6, 6.07) is 52.1. The lowest BCUT2D eigenvalue weighted by molar-refractivity contribution is 1.18. The van der Waals surface area contributed by atoms with Gasteiger partial charge in [0.2, 0.25) is 0 Å². The standard InChI is InChI=1S/C38H23N3/c39-24-31-12-7-13-32(25-40)38(31)28-14-18-33(19-15-28)41-36-20-16-29(26-8-3-1-4-9-26)22-34(36)35-23-30(17-21-37(35)41)27-10-5-2-6-11-27/h1-23H. The van der Waals surface area contributed by atoms with Gasteiger partial charge in [-0.3, -0.25) is 0 Å². The van der Waals surface area contributed by atoms with Gasteiger partial charge in [0.15, 0.2) is 0 Å². The molecule has 7 aromatic rings. The van der Waals surface area contributed by atoms with Crippen LogP contribution in [0, 0.1) is 22.7 Å². The SMILES string of the molecule is N#Cc1cccc(C#N)c1-c1ccc(-n2c3ccc(-c4ccccc4)cc3c3cc(-c4ccccc4)ccc32)cc1. The Morgan fingerprint density at radius 1 is 0.415 bits per heavy atom. The average molecular weight is 522 g/mol. The van der Waals surface area contributed by atoms with Crippen molar-refractivity contribution in [3.63, 3.8) is 0 Å². The maximum atomic E-state index is 9.69. The molecule has 6 aromatic carbocycles. The Hall–Kier alpha value is -5.90. The Kier molecular flexibility index (Phi) is 5.90. The summed E-state index contributed by atoms with van der Waals surface area (Å²) in [7, 11) is 0. The van der Waals surface area contributed by atoms with Gasteiger partial charge in [-0.1, -0.05) is 91.0 Å². The molecule has 0 radical (unpaired) electrons. The minimum Gasteiger partial charge on any atom is -0.309 e. The lowest BCUT2D eigenvalue weighted by Crippen LogP contribution is -1.95. The molecule has 1 aromatic heterocycles. The van der Waals surface area contributed by atoms with E-state index in [-0.39, 0.29) is 0 Å². The lowest BCUT2D eigenvalue weighted by Gasteiger charge is -2.11. The van der Waals surface area contributed by atoms with E-state index in [1.807, 2.05) is 24.3 Å². The van der Waals surface area contributed by atoms with E-state index in [0.29, 0.717) is 16.7 Å². The molecule has 0 spiro atoms. The predicted molar refractivity (Wildman–Crippen MR) is 167 cm³/mol. The molecule has 0 atom stereocenters. The largest absolute Gasteiger partial charge is 0.309 e. The van der Waals surface area contributed by atoms with E-state index in [9.17, 15) is 10.5 Å². The fourth-order valence-corrected chi connectivity index (χ4v) is 5.75. The van der Waals surface area contributed by atoms with Crippen molar-refractivity contribution in [3.05, 3.63) is 151 Å². The minimum absolute atomic E-state index is 0.496. The summed E-state index contributed by atoms with van der Waals surface area (Å²) in [5.41, 5.74) is 10.5. The van der Waals surface area contributed by atoms with E-state index >= 15 is 0 Å². The summed E-state index contributed by atoms with van der Waals surface area (Å²) in [6.45, 7) is 0. The van der Waals surface area contributed by atoms with Crippen LogP contribution in [0.2, 0.25) is 0 Å². The van der Waals surface area contributed by atoms with E-state index in [4.69, 9.17) is 0 Å². The van der Waals surface area contributed by atoms with Crippen molar-refractivity contribution in [2.24, 2.45) is 0 Å². The van der Waals surface area contributed by atoms with Crippen molar-refractivity contribution in [2.45, 2.75) is 0 Å². The number of nitrogens with zero attached hydrogens (tertiary/aromatic N) is 3. The normalized spacial score (nSPS) is 10.9. The number of benzene rings is 6. The fraction of sp³-hybridized carbons (Fsp3) is 0. The molecule has 0 amide bonds. The van der Waals surface area contributed by atoms with Crippen LogP contribution in [0.5, 0.6) is 0 Å². The van der Waals surface area contributed by atoms with Crippen molar-refractivity contribution >= 4 is 21.8 Å². The number of hydrogen-bond acceptors (Lipinski definition) is 2. The highest BCUT2D eigenvalue weighted by Gasteiger charge is 2.16. The first-order chi connectivity index (χ1) is 20.2. The zero-order chi connectivity index (χ0) is 27.8. The fourth-order valence-electron chi connectivity index (χ4n) is 5.75. The molecule has 0 unspecified atom stereocenters. The van der Waals surface area contributed by atoms with Crippen LogP contribution >= 0.6 is 0 Å². The van der Waals surface area contributed by atoms with E-state index in [1.165, 1.54) is 33.0 Å². The molecular weight excluding hydrogens is 498 g/mol. The molecule has 3 nitrogen and oxygen atoms in total. The first-order valence-corrected chi connectivity index (χ1v) is 13.5. The topological polar surface area (TPSA) is 52.5 Å². The van der Waals surface area contributed by atoms with Crippen LogP contribution in [-0.2, 0) is 0 Å². The van der Waals surface area contributed by atoms with Crippen LogP contribution in [0.1, 0.15) is 11.1 Å². The van der Waals surface area contributed by atoms with Crippen LogP contribution < -0.4 is 0 Å². The Bertz CT molecular complexity index is 2010. The molecule has 0 saturated carbocycles. The van der Waals surface area contributed by atoms with Crippen LogP contribution in [0.3, 0.4) is 0 Å². The summed E-state index contributed by atoms with van der Waals surface area (Å²) in [5, 5.41) is 21.7. The average Bonchev–Trinajstić information content (AvgIpc) is 3.38. The van der Waals surface area contributed by atoms with Gasteiger partial charge < -0.3 is 4.57 Å². The van der Waals surface area contributed by atoms with Gasteiger partial charge in [-0.2, -0.15) is 10.5 Å². The first kappa shape index (κ1) is 24.2. The first-order valence-electron chi connectivity index (χ1n) is 13.5. The smallest absolute Gasteiger partial charge is 0.0998 e. The van der Waals surface area contributed by atoms with Gasteiger partial charge in [-0.25, -0.2) is 0 Å². The molecule has 0 aliphatic carbocycles. The zero-order valence-electron chi connectivity index (χ0n) is 22.1. The lowest BCUT2D eigenvalue weighted by atomic mass is 9.95. The summed E-state index contributed by atoms with van der Waals surface area (Å²) in [6.07, 6.45) is 0. The van der Waals surface area contributed by atoms with Gasteiger partial charge in [-0.15, -0.1) is 0 Å². The van der Waals surface area contributed by atoms with Crippen molar-refractivity contribution in [3.8, 4) is 51.2 Å². The second-order valence-corrected chi connectivity index (χ2v) is 10.0. The van der Waals surface area contributed by atoms with Gasteiger partial charge in [-0.05, 0) is 76.3 Å². The molecule has 7 rings (SSSR count). The quantitative estimate of drug-likeness (QED) is 0.232. The number of fused-ring (bicyclic) bond motifs is 3. The maximum Gasteiger partial charge on any atom is 0.0998 e. The third-order valence-corrected chi connectivity index (χ3v) is 7.70. The Labute approximate surface area is 238 Å². The van der Waals surface area contributed by atoms with E-state index < -0.39 is 0 Å². The van der Waals surface area contributed by atoms with E-state index in [2.05, 4.69) is 114 Å². The monoisotopic (exact) mass is 521 g/mol. The Morgan fingerprint density at radius 2 is 0.878 bits per heavy atom. The molecule has 0 N–H and O–H groups in total. The van der Waals surface area contributed by atoms with Crippen LogP contribution in [-0.4, -0.2) is 4.57 Å². The highest BCUT2D eigenvalue weighted by atomic mass is 15.0. The molecule has 0 fully saturated rings. The van der Waals surface area contributed by atoms with E-state index in [0.717, 1.165) is 22.3 Å². The van der Waals surface area contributed by atoms with Gasteiger partial charge in [0.25, 0.3) is 0 Å². The minimum atomic E-state index is 0.496. The Morgan fingerprint density at radius 3 is 1.34 bits per heavy atom. The van der Waals surface area contributed by atoms with Gasteiger partial charge in [0, 0.05) is 22.0 Å². The van der Waals surface area contributed by atoms with Crippen molar-refractivity contribution in [1.82, 2.24) is 4.57 Å².